The molecule has 76 valence electrons. The van der Waals surface area contributed by atoms with Crippen LogP contribution in [-0.2, 0) is 13.0 Å². The summed E-state index contributed by atoms with van der Waals surface area (Å²) in [6, 6.07) is 18.2. The molecule has 0 saturated carbocycles. The second-order valence-corrected chi connectivity index (χ2v) is 3.64. The molecule has 15 heavy (non-hydrogen) atoms. The van der Waals surface area contributed by atoms with Gasteiger partial charge >= 0.3 is 0 Å². The highest BCUT2D eigenvalue weighted by Gasteiger charge is 2.04. The van der Waals surface area contributed by atoms with E-state index in [0.29, 0.717) is 0 Å². The number of hydrogen-bond acceptors (Lipinski definition) is 1. The number of rotatable bonds is 1. The molecule has 0 amide bonds. The van der Waals surface area contributed by atoms with Crippen molar-refractivity contribution in [3.63, 3.8) is 0 Å². The monoisotopic (exact) mass is 198 g/mol. The molecule has 2 aliphatic carbocycles. The van der Waals surface area contributed by atoms with Gasteiger partial charge in [-0.2, -0.15) is 0 Å². The van der Waals surface area contributed by atoms with Crippen molar-refractivity contribution in [1.82, 2.24) is 0 Å². The molecule has 4 rings (SSSR count). The topological polar surface area (TPSA) is 20.2 Å². The van der Waals surface area contributed by atoms with E-state index in [1.165, 1.54) is 17.5 Å². The van der Waals surface area contributed by atoms with E-state index in [2.05, 4.69) is 24.3 Å². The number of fused-ring (bicyclic) bond motifs is 2. The van der Waals surface area contributed by atoms with E-state index in [1.807, 2.05) is 30.3 Å². The predicted molar refractivity (Wildman–Crippen MR) is 61.6 cm³/mol. The molecule has 0 atom stereocenters. The van der Waals surface area contributed by atoms with E-state index in [1.54, 1.807) is 0 Å². The van der Waals surface area contributed by atoms with E-state index < -0.39 is 0 Å². The summed E-state index contributed by atoms with van der Waals surface area (Å²) in [7, 11) is 0. The maximum Gasteiger partial charge on any atom is 0.0681 e. The molecular weight excluding hydrogens is 184 g/mol. The summed E-state index contributed by atoms with van der Waals surface area (Å²) in [4.78, 5) is 0. The Morgan fingerprint density at radius 3 is 1.73 bits per heavy atom. The van der Waals surface area contributed by atoms with Crippen LogP contribution in [0.2, 0.25) is 0 Å². The summed E-state index contributed by atoms with van der Waals surface area (Å²) in [5.41, 5.74) is 3.93. The lowest BCUT2D eigenvalue weighted by Gasteiger charge is -2.11. The van der Waals surface area contributed by atoms with Crippen molar-refractivity contribution in [1.29, 1.82) is 0 Å². The highest BCUT2D eigenvalue weighted by Crippen LogP contribution is 2.18. The first-order valence-electron chi connectivity index (χ1n) is 5.11. The highest BCUT2D eigenvalue weighted by atomic mass is 16.3. The molecule has 0 aliphatic heterocycles. The molecular formula is C14H14O. The number of aliphatic hydroxyl groups is 1. The minimum Gasteiger partial charge on any atom is -0.392 e. The van der Waals surface area contributed by atoms with Crippen LogP contribution in [-0.4, -0.2) is 5.11 Å². The van der Waals surface area contributed by atoms with Gasteiger partial charge in [-0.3, -0.25) is 0 Å². The molecule has 0 fully saturated rings. The quantitative estimate of drug-likeness (QED) is 0.637. The van der Waals surface area contributed by atoms with Crippen LogP contribution in [0.5, 0.6) is 0 Å². The Bertz CT molecular complexity index is 396. The van der Waals surface area contributed by atoms with E-state index in [-0.39, 0.29) is 6.61 Å². The van der Waals surface area contributed by atoms with Gasteiger partial charge in [0.1, 0.15) is 0 Å². The van der Waals surface area contributed by atoms with Crippen molar-refractivity contribution >= 4 is 0 Å². The molecule has 0 saturated heterocycles. The molecule has 1 nitrogen and oxygen atoms in total. The van der Waals surface area contributed by atoms with E-state index >= 15 is 0 Å². The summed E-state index contributed by atoms with van der Waals surface area (Å²) < 4.78 is 0. The third-order valence-corrected chi connectivity index (χ3v) is 2.43. The van der Waals surface area contributed by atoms with Crippen molar-refractivity contribution in [2.24, 2.45) is 0 Å². The fourth-order valence-corrected chi connectivity index (χ4v) is 1.54. The number of aliphatic hydroxyl groups excluding tert-OH is 1. The van der Waals surface area contributed by atoms with Gasteiger partial charge < -0.3 is 5.11 Å². The summed E-state index contributed by atoms with van der Waals surface area (Å²) in [5, 5.41) is 8.54. The Morgan fingerprint density at radius 2 is 1.47 bits per heavy atom. The molecule has 1 N–H and O–H groups in total. The zero-order valence-corrected chi connectivity index (χ0v) is 8.56. The Hall–Kier alpha value is -1.60. The lowest BCUT2D eigenvalue weighted by atomic mass is 9.94. The number of benzene rings is 2. The first-order chi connectivity index (χ1) is 7.38. The maximum atomic E-state index is 8.54. The average Bonchev–Trinajstić information content (AvgIpc) is 2.31. The van der Waals surface area contributed by atoms with Crippen molar-refractivity contribution in [2.45, 2.75) is 13.0 Å². The van der Waals surface area contributed by atoms with Crippen molar-refractivity contribution in [3.05, 3.63) is 71.3 Å². The SMILES string of the molecule is OCc1ccccc1.c1cc2cc(c1)C2. The van der Waals surface area contributed by atoms with Crippen LogP contribution in [0, 0.1) is 0 Å². The summed E-state index contributed by atoms with van der Waals surface area (Å²) in [6.45, 7) is 0.140. The van der Waals surface area contributed by atoms with Crippen molar-refractivity contribution < 1.29 is 5.11 Å². The fraction of sp³-hybridized carbons (Fsp3) is 0.143. The van der Waals surface area contributed by atoms with Crippen LogP contribution in [0.15, 0.2) is 54.6 Å². The molecule has 2 aliphatic rings. The standard InChI is InChI=1S/C7H8O.C7H6/c8-6-7-4-2-1-3-5-7;1-2-6-4-7(3-1)5-6/h1-5,8H,6H2;1-4H,5H2. The minimum absolute atomic E-state index is 0.140. The van der Waals surface area contributed by atoms with Gasteiger partial charge in [0.15, 0.2) is 0 Å². The van der Waals surface area contributed by atoms with Gasteiger partial charge in [0.2, 0.25) is 0 Å². The summed E-state index contributed by atoms with van der Waals surface area (Å²) in [6.07, 6.45) is 1.22. The van der Waals surface area contributed by atoms with E-state index in [9.17, 15) is 0 Å². The summed E-state index contributed by atoms with van der Waals surface area (Å²) in [5.74, 6) is 0. The first-order valence-corrected chi connectivity index (χ1v) is 5.11. The van der Waals surface area contributed by atoms with Crippen LogP contribution < -0.4 is 0 Å². The Kier molecular flexibility index (Phi) is 3.15. The molecule has 2 bridgehead atoms. The van der Waals surface area contributed by atoms with Gasteiger partial charge in [0.25, 0.3) is 0 Å². The van der Waals surface area contributed by atoms with E-state index in [4.69, 9.17) is 5.11 Å². The lowest BCUT2D eigenvalue weighted by molar-refractivity contribution is 0.282. The van der Waals surface area contributed by atoms with Gasteiger partial charge in [-0.1, -0.05) is 54.6 Å². The van der Waals surface area contributed by atoms with Crippen LogP contribution >= 0.6 is 0 Å². The largest absolute Gasteiger partial charge is 0.392 e. The van der Waals surface area contributed by atoms with Gasteiger partial charge in [-0.05, 0) is 23.1 Å². The number of hydrogen-bond donors (Lipinski definition) is 1. The van der Waals surface area contributed by atoms with Gasteiger partial charge in [0.05, 0.1) is 6.61 Å². The van der Waals surface area contributed by atoms with Crippen LogP contribution in [0.1, 0.15) is 16.7 Å². The Morgan fingerprint density at radius 1 is 0.867 bits per heavy atom. The van der Waals surface area contributed by atoms with Crippen molar-refractivity contribution in [3.8, 4) is 0 Å². The zero-order valence-electron chi connectivity index (χ0n) is 8.56. The molecule has 0 radical (unpaired) electrons. The zero-order chi connectivity index (χ0) is 10.5. The Balaban J connectivity index is 0.000000114. The van der Waals surface area contributed by atoms with E-state index in [0.717, 1.165) is 5.56 Å². The van der Waals surface area contributed by atoms with Crippen LogP contribution in [0.3, 0.4) is 0 Å². The molecule has 0 heterocycles. The van der Waals surface area contributed by atoms with Crippen LogP contribution in [0.25, 0.3) is 0 Å². The fourth-order valence-electron chi connectivity index (χ4n) is 1.54. The molecule has 1 heteroatoms. The van der Waals surface area contributed by atoms with Gasteiger partial charge in [-0.15, -0.1) is 0 Å². The first kappa shape index (κ1) is 9.94. The highest BCUT2D eigenvalue weighted by molar-refractivity contribution is 5.37. The molecule has 2 aromatic rings. The predicted octanol–water partition coefficient (Wildman–Crippen LogP) is 2.77. The second kappa shape index (κ2) is 4.76. The third kappa shape index (κ3) is 2.67. The van der Waals surface area contributed by atoms with Gasteiger partial charge in [0, 0.05) is 0 Å². The van der Waals surface area contributed by atoms with Crippen molar-refractivity contribution in [2.75, 3.05) is 0 Å². The lowest BCUT2D eigenvalue weighted by Crippen LogP contribution is -1.97. The molecule has 0 aromatic heterocycles. The molecule has 0 spiro atoms. The molecule has 2 aromatic carbocycles. The van der Waals surface area contributed by atoms with Gasteiger partial charge in [-0.25, -0.2) is 0 Å². The van der Waals surface area contributed by atoms with Crippen LogP contribution in [0.4, 0.5) is 0 Å². The Labute approximate surface area is 90.0 Å². The molecule has 0 unspecified atom stereocenters. The third-order valence-electron chi connectivity index (χ3n) is 2.43. The second-order valence-electron chi connectivity index (χ2n) is 3.64. The summed E-state index contributed by atoms with van der Waals surface area (Å²) >= 11 is 0. The smallest absolute Gasteiger partial charge is 0.0681 e. The maximum absolute atomic E-state index is 8.54. The normalized spacial score (nSPS) is 11.0. The minimum atomic E-state index is 0.140. The average molecular weight is 198 g/mol.